The first-order valence-electron chi connectivity index (χ1n) is 3.58. The second-order valence-electron chi connectivity index (χ2n) is 2.49. The molecule has 0 aliphatic heterocycles. The van der Waals surface area contributed by atoms with E-state index in [9.17, 15) is 10.1 Å². The molecular formula is C8H5IN2O3. The van der Waals surface area contributed by atoms with Crippen LogP contribution >= 0.6 is 22.6 Å². The minimum Gasteiger partial charge on any atom is -0.392 e. The molecular weight excluding hydrogens is 299 g/mol. The van der Waals surface area contributed by atoms with Crippen LogP contribution in [0.2, 0.25) is 0 Å². The number of rotatable bonds is 2. The van der Waals surface area contributed by atoms with Gasteiger partial charge in [-0.1, -0.05) is 0 Å². The predicted molar refractivity (Wildman–Crippen MR) is 56.5 cm³/mol. The van der Waals surface area contributed by atoms with Crippen LogP contribution in [0, 0.1) is 25.0 Å². The highest BCUT2D eigenvalue weighted by Crippen LogP contribution is 2.23. The van der Waals surface area contributed by atoms with Crippen molar-refractivity contribution in [3.63, 3.8) is 0 Å². The molecule has 1 aromatic rings. The second-order valence-corrected chi connectivity index (χ2v) is 3.65. The number of nitro groups is 1. The van der Waals surface area contributed by atoms with Crippen LogP contribution in [-0.2, 0) is 6.61 Å². The maximum absolute atomic E-state index is 10.5. The van der Waals surface area contributed by atoms with E-state index in [0.29, 0.717) is 9.13 Å². The van der Waals surface area contributed by atoms with Crippen LogP contribution in [0.5, 0.6) is 0 Å². The number of halogens is 1. The molecule has 14 heavy (non-hydrogen) atoms. The number of hydrogen-bond acceptors (Lipinski definition) is 4. The molecule has 5 nitrogen and oxygen atoms in total. The average molecular weight is 304 g/mol. The van der Waals surface area contributed by atoms with Gasteiger partial charge in [-0.3, -0.25) is 10.1 Å². The molecule has 0 aliphatic rings. The molecule has 0 spiro atoms. The monoisotopic (exact) mass is 304 g/mol. The Morgan fingerprint density at radius 1 is 1.64 bits per heavy atom. The molecule has 0 fully saturated rings. The summed E-state index contributed by atoms with van der Waals surface area (Å²) in [6.07, 6.45) is 0. The van der Waals surface area contributed by atoms with Crippen molar-refractivity contribution < 1.29 is 10.0 Å². The van der Waals surface area contributed by atoms with Gasteiger partial charge in [0.2, 0.25) is 0 Å². The number of nitro benzene ring substituents is 1. The lowest BCUT2D eigenvalue weighted by Gasteiger charge is -2.02. The Kier molecular flexibility index (Phi) is 3.38. The summed E-state index contributed by atoms with van der Waals surface area (Å²) in [5, 5.41) is 28.1. The number of nitriles is 1. The van der Waals surface area contributed by atoms with Gasteiger partial charge in [-0.2, -0.15) is 5.26 Å². The van der Waals surface area contributed by atoms with Crippen LogP contribution in [0.3, 0.4) is 0 Å². The lowest BCUT2D eigenvalue weighted by atomic mass is 10.1. The van der Waals surface area contributed by atoms with E-state index in [2.05, 4.69) is 0 Å². The van der Waals surface area contributed by atoms with Gasteiger partial charge in [-0.05, 0) is 22.6 Å². The van der Waals surface area contributed by atoms with E-state index >= 15 is 0 Å². The Bertz CT molecular complexity index is 425. The molecule has 0 aromatic heterocycles. The van der Waals surface area contributed by atoms with Crippen LogP contribution < -0.4 is 0 Å². The molecule has 0 aliphatic carbocycles. The summed E-state index contributed by atoms with van der Waals surface area (Å²) in [5.74, 6) is 0. The van der Waals surface area contributed by atoms with Crippen LogP contribution in [0.15, 0.2) is 12.1 Å². The number of benzene rings is 1. The normalized spacial score (nSPS) is 9.50. The zero-order chi connectivity index (χ0) is 10.7. The van der Waals surface area contributed by atoms with Crippen molar-refractivity contribution in [3.8, 4) is 6.07 Å². The van der Waals surface area contributed by atoms with Gasteiger partial charge in [0.15, 0.2) is 0 Å². The fourth-order valence-corrected chi connectivity index (χ4v) is 1.79. The fraction of sp³-hybridized carbons (Fsp3) is 0.125. The summed E-state index contributed by atoms with van der Waals surface area (Å²) in [7, 11) is 0. The van der Waals surface area contributed by atoms with Crippen molar-refractivity contribution in [3.05, 3.63) is 36.9 Å². The summed E-state index contributed by atoms with van der Waals surface area (Å²) in [4.78, 5) is 9.91. The Balaban J connectivity index is 3.40. The van der Waals surface area contributed by atoms with E-state index in [4.69, 9.17) is 10.4 Å². The average Bonchev–Trinajstić information content (AvgIpc) is 2.16. The topological polar surface area (TPSA) is 87.2 Å². The van der Waals surface area contributed by atoms with Crippen molar-refractivity contribution in [2.75, 3.05) is 0 Å². The first-order chi connectivity index (χ1) is 6.60. The zero-order valence-electron chi connectivity index (χ0n) is 6.90. The van der Waals surface area contributed by atoms with Gasteiger partial charge >= 0.3 is 0 Å². The quantitative estimate of drug-likeness (QED) is 0.510. The number of non-ortho nitro benzene ring substituents is 1. The molecule has 0 saturated heterocycles. The highest BCUT2D eigenvalue weighted by molar-refractivity contribution is 14.1. The Morgan fingerprint density at radius 2 is 2.29 bits per heavy atom. The Hall–Kier alpha value is -1.20. The van der Waals surface area contributed by atoms with E-state index in [1.807, 2.05) is 28.7 Å². The van der Waals surface area contributed by atoms with E-state index < -0.39 is 4.92 Å². The summed E-state index contributed by atoms with van der Waals surface area (Å²) < 4.78 is 0.475. The third kappa shape index (κ3) is 2.00. The number of hydrogen-bond donors (Lipinski definition) is 1. The summed E-state index contributed by atoms with van der Waals surface area (Å²) in [6, 6.07) is 4.40. The Labute approximate surface area is 93.3 Å². The van der Waals surface area contributed by atoms with E-state index in [1.165, 1.54) is 12.1 Å². The maximum atomic E-state index is 10.5. The summed E-state index contributed by atoms with van der Waals surface area (Å²) >= 11 is 1.83. The van der Waals surface area contributed by atoms with Crippen molar-refractivity contribution in [2.24, 2.45) is 0 Å². The molecule has 0 unspecified atom stereocenters. The number of aliphatic hydroxyl groups excluding tert-OH is 1. The maximum Gasteiger partial charge on any atom is 0.270 e. The Morgan fingerprint density at radius 3 is 2.71 bits per heavy atom. The van der Waals surface area contributed by atoms with Gasteiger partial charge in [0.1, 0.15) is 6.07 Å². The lowest BCUT2D eigenvalue weighted by molar-refractivity contribution is -0.385. The lowest BCUT2D eigenvalue weighted by Crippen LogP contribution is -1.97. The van der Waals surface area contributed by atoms with Crippen molar-refractivity contribution in [1.82, 2.24) is 0 Å². The van der Waals surface area contributed by atoms with Crippen molar-refractivity contribution in [2.45, 2.75) is 6.61 Å². The SMILES string of the molecule is N#Cc1c(I)cc([N+](=O)[O-])cc1CO. The van der Waals surface area contributed by atoms with Gasteiger partial charge in [-0.15, -0.1) is 0 Å². The molecule has 1 rings (SSSR count). The highest BCUT2D eigenvalue weighted by atomic mass is 127. The molecule has 6 heteroatoms. The molecule has 1 N–H and O–H groups in total. The van der Waals surface area contributed by atoms with Crippen LogP contribution in [0.25, 0.3) is 0 Å². The van der Waals surface area contributed by atoms with E-state index in [1.54, 1.807) is 0 Å². The smallest absolute Gasteiger partial charge is 0.270 e. The zero-order valence-corrected chi connectivity index (χ0v) is 9.06. The van der Waals surface area contributed by atoms with Crippen LogP contribution in [0.1, 0.15) is 11.1 Å². The standard InChI is InChI=1S/C8H5IN2O3/c9-8-2-6(11(13)14)1-5(4-12)7(8)3-10/h1-2,12H,4H2. The molecule has 0 amide bonds. The summed E-state index contributed by atoms with van der Waals surface area (Å²) in [6.45, 7) is -0.374. The van der Waals surface area contributed by atoms with Crippen LogP contribution in [-0.4, -0.2) is 10.0 Å². The molecule has 1 aromatic carbocycles. The largest absolute Gasteiger partial charge is 0.392 e. The first-order valence-corrected chi connectivity index (χ1v) is 4.65. The van der Waals surface area contributed by atoms with Gasteiger partial charge in [0, 0.05) is 21.3 Å². The number of nitrogens with zero attached hydrogens (tertiary/aromatic N) is 2. The highest BCUT2D eigenvalue weighted by Gasteiger charge is 2.14. The molecule has 0 bridgehead atoms. The molecule has 0 saturated carbocycles. The van der Waals surface area contributed by atoms with E-state index in [0.717, 1.165) is 0 Å². The third-order valence-electron chi connectivity index (χ3n) is 1.65. The molecule has 0 radical (unpaired) electrons. The van der Waals surface area contributed by atoms with E-state index in [-0.39, 0.29) is 17.9 Å². The molecule has 72 valence electrons. The minimum atomic E-state index is -0.553. The molecule has 0 heterocycles. The van der Waals surface area contributed by atoms with Crippen LogP contribution in [0.4, 0.5) is 5.69 Å². The van der Waals surface area contributed by atoms with Crippen molar-refractivity contribution in [1.29, 1.82) is 5.26 Å². The predicted octanol–water partition coefficient (Wildman–Crippen LogP) is 1.56. The summed E-state index contributed by atoms with van der Waals surface area (Å²) in [5.41, 5.74) is 0.460. The first kappa shape index (κ1) is 10.9. The van der Waals surface area contributed by atoms with Gasteiger partial charge in [0.05, 0.1) is 17.1 Å². The third-order valence-corrected chi connectivity index (χ3v) is 2.50. The van der Waals surface area contributed by atoms with Gasteiger partial charge in [0.25, 0.3) is 5.69 Å². The number of aliphatic hydroxyl groups is 1. The van der Waals surface area contributed by atoms with Gasteiger partial charge < -0.3 is 5.11 Å². The second kappa shape index (κ2) is 4.34. The molecule has 0 atom stereocenters. The van der Waals surface area contributed by atoms with Crippen molar-refractivity contribution >= 4 is 28.3 Å². The fourth-order valence-electron chi connectivity index (χ4n) is 1.00. The van der Waals surface area contributed by atoms with Gasteiger partial charge in [-0.25, -0.2) is 0 Å². The minimum absolute atomic E-state index is 0.113.